The number of anilines is 6. The van der Waals surface area contributed by atoms with Gasteiger partial charge in [0.05, 0.1) is 55.6 Å². The molecule has 328 valence electrons. The maximum atomic E-state index is 13.3. The number of fused-ring (bicyclic) bond motifs is 1. The summed E-state index contributed by atoms with van der Waals surface area (Å²) >= 11 is 6.46. The Morgan fingerprint density at radius 3 is 2.39 bits per heavy atom. The van der Waals surface area contributed by atoms with Crippen molar-refractivity contribution in [2.75, 3.05) is 107 Å². The lowest BCUT2D eigenvalue weighted by molar-refractivity contribution is -0.136. The molecule has 19 heteroatoms. The van der Waals surface area contributed by atoms with Crippen molar-refractivity contribution in [3.63, 3.8) is 0 Å². The number of carbonyl (C=O) groups excluding carboxylic acids is 4. The van der Waals surface area contributed by atoms with E-state index in [1.165, 1.54) is 6.20 Å². The lowest BCUT2D eigenvalue weighted by Crippen LogP contribution is -2.54. The number of carbonyl (C=O) groups is 4. The molecule has 0 aliphatic carbocycles. The number of nitrogens with zero attached hydrogens (tertiary/aromatic N) is 5. The molecular weight excluding hydrogens is 837 g/mol. The van der Waals surface area contributed by atoms with E-state index in [-0.39, 0.29) is 24.0 Å². The van der Waals surface area contributed by atoms with Crippen molar-refractivity contribution in [1.29, 1.82) is 0 Å². The summed E-state index contributed by atoms with van der Waals surface area (Å²) in [7, 11) is -0.928. The summed E-state index contributed by atoms with van der Waals surface area (Å²) < 4.78 is 30.2. The number of hydrogen-bond acceptors (Lipinski definition) is 15. The maximum Gasteiger partial charge on any atom is 0.264 e. The van der Waals surface area contributed by atoms with E-state index < -0.39 is 36.8 Å². The van der Waals surface area contributed by atoms with Crippen LogP contribution in [0.1, 0.15) is 40.0 Å². The topological polar surface area (TPSA) is 197 Å². The van der Waals surface area contributed by atoms with Gasteiger partial charge in [-0.2, -0.15) is 4.98 Å². The van der Waals surface area contributed by atoms with Gasteiger partial charge >= 0.3 is 0 Å². The van der Waals surface area contributed by atoms with E-state index in [9.17, 15) is 23.7 Å². The van der Waals surface area contributed by atoms with Crippen molar-refractivity contribution >= 4 is 82.2 Å². The molecule has 4 N–H and O–H groups in total. The molecule has 4 amide bonds. The largest absolute Gasteiger partial charge is 0.494 e. The normalized spacial score (nSPS) is 16.9. The minimum absolute atomic E-state index is 0.0654. The highest BCUT2D eigenvalue weighted by atomic mass is 35.5. The second-order valence-electron chi connectivity index (χ2n) is 15.4. The van der Waals surface area contributed by atoms with Crippen LogP contribution in [0, 0.1) is 0 Å². The number of aromatic nitrogens is 2. The van der Waals surface area contributed by atoms with Gasteiger partial charge in [0.2, 0.25) is 17.8 Å². The van der Waals surface area contributed by atoms with Crippen LogP contribution in [-0.2, 0) is 23.6 Å². The third-order valence-electron chi connectivity index (χ3n) is 10.8. The smallest absolute Gasteiger partial charge is 0.264 e. The molecule has 2 saturated heterocycles. The van der Waals surface area contributed by atoms with Crippen molar-refractivity contribution in [2.24, 2.45) is 0 Å². The molecule has 0 spiro atoms. The number of amides is 4. The van der Waals surface area contributed by atoms with Crippen molar-refractivity contribution in [3.05, 3.63) is 83.0 Å². The van der Waals surface area contributed by atoms with Gasteiger partial charge in [-0.15, -0.1) is 0 Å². The quantitative estimate of drug-likeness (QED) is 0.0562. The lowest BCUT2D eigenvalue weighted by Gasteiger charge is -2.36. The van der Waals surface area contributed by atoms with Crippen LogP contribution in [0.25, 0.3) is 0 Å². The Hall–Kier alpha value is -5.58. The van der Waals surface area contributed by atoms with Crippen LogP contribution >= 0.6 is 18.7 Å². The summed E-state index contributed by atoms with van der Waals surface area (Å²) in [5, 5.41) is 12.9. The zero-order valence-electron chi connectivity index (χ0n) is 34.9. The number of para-hydroxylation sites is 1. The number of piperazine rings is 1. The average molecular weight is 888 g/mol. The van der Waals surface area contributed by atoms with Crippen LogP contribution in [0.15, 0.2) is 66.9 Å². The third kappa shape index (κ3) is 10.5. The van der Waals surface area contributed by atoms with E-state index in [2.05, 4.69) is 41.0 Å². The van der Waals surface area contributed by atoms with Gasteiger partial charge in [0.15, 0.2) is 5.82 Å². The maximum absolute atomic E-state index is 13.3. The van der Waals surface area contributed by atoms with Crippen molar-refractivity contribution in [1.82, 2.24) is 25.1 Å². The molecule has 7 rings (SSSR count). The summed E-state index contributed by atoms with van der Waals surface area (Å²) in [5.74, 6) is -0.795. The highest BCUT2D eigenvalue weighted by Gasteiger charge is 2.45. The zero-order valence-corrected chi connectivity index (χ0v) is 36.6. The predicted octanol–water partition coefficient (Wildman–Crippen LogP) is 4.93. The highest BCUT2D eigenvalue weighted by Crippen LogP contribution is 2.39. The van der Waals surface area contributed by atoms with Gasteiger partial charge in [0.25, 0.3) is 11.8 Å². The first-order chi connectivity index (χ1) is 29.9. The monoisotopic (exact) mass is 887 g/mol. The summed E-state index contributed by atoms with van der Waals surface area (Å²) in [4.78, 5) is 65.0. The molecule has 2 fully saturated rings. The molecule has 4 heterocycles. The molecular formula is C43H51ClN9O8P. The molecule has 1 unspecified atom stereocenters. The Balaban J connectivity index is 0.787. The van der Waals surface area contributed by atoms with Crippen molar-refractivity contribution in [2.45, 2.75) is 25.3 Å². The Morgan fingerprint density at radius 1 is 0.871 bits per heavy atom. The summed E-state index contributed by atoms with van der Waals surface area (Å²) in [5.41, 5.74) is 3.36. The number of nitrogens with one attached hydrogen (secondary N) is 4. The molecule has 0 saturated carbocycles. The van der Waals surface area contributed by atoms with E-state index in [0.717, 1.165) is 49.7 Å². The molecule has 0 bridgehead atoms. The molecule has 62 heavy (non-hydrogen) atoms. The van der Waals surface area contributed by atoms with Crippen LogP contribution in [-0.4, -0.2) is 136 Å². The average Bonchev–Trinajstić information content (AvgIpc) is 3.51. The van der Waals surface area contributed by atoms with Gasteiger partial charge < -0.3 is 39.6 Å². The van der Waals surface area contributed by atoms with E-state index >= 15 is 0 Å². The molecule has 3 aromatic carbocycles. The fourth-order valence-electron chi connectivity index (χ4n) is 7.65. The number of methoxy groups -OCH3 is 1. The first-order valence-electron chi connectivity index (χ1n) is 20.5. The van der Waals surface area contributed by atoms with E-state index in [1.54, 1.807) is 38.6 Å². The summed E-state index contributed by atoms with van der Waals surface area (Å²) in [6, 6.07) is 17.3. The van der Waals surface area contributed by atoms with Crippen molar-refractivity contribution in [3.8, 4) is 5.75 Å². The predicted molar refractivity (Wildman–Crippen MR) is 239 cm³/mol. The molecule has 3 aliphatic heterocycles. The SMILES string of the molecule is COc1cc(N2CCN(CCCOCCOCCNc3cccc4c3C(=O)N(C3CCC(=O)NC3=O)C4=O)CC2)ccc1Nc1ncc(Cl)c(Nc2ccccc2P(C)(C)=O)n1. The fraction of sp³-hybridized carbons (Fsp3) is 0.395. The third-order valence-corrected chi connectivity index (χ3v) is 12.6. The number of benzene rings is 3. The van der Waals surface area contributed by atoms with Crippen LogP contribution in [0.3, 0.4) is 0 Å². The Bertz CT molecular complexity index is 2360. The van der Waals surface area contributed by atoms with Gasteiger partial charge in [-0.25, -0.2) is 4.98 Å². The van der Waals surface area contributed by atoms with E-state index in [0.29, 0.717) is 77.9 Å². The molecule has 0 radical (unpaired) electrons. The highest BCUT2D eigenvalue weighted by molar-refractivity contribution is 7.70. The summed E-state index contributed by atoms with van der Waals surface area (Å²) in [6.07, 6.45) is 2.58. The number of hydrogen-bond donors (Lipinski definition) is 4. The Morgan fingerprint density at radius 2 is 1.63 bits per heavy atom. The van der Waals surface area contributed by atoms with Gasteiger partial charge in [0.1, 0.15) is 24.0 Å². The molecule has 1 aromatic heterocycles. The first kappa shape index (κ1) is 44.5. The number of piperidine rings is 1. The van der Waals surface area contributed by atoms with Gasteiger partial charge in [-0.05, 0) is 62.6 Å². The van der Waals surface area contributed by atoms with Crippen molar-refractivity contribution < 1.29 is 38.0 Å². The second-order valence-corrected chi connectivity index (χ2v) is 19.0. The number of rotatable bonds is 19. The van der Waals surface area contributed by atoms with Gasteiger partial charge in [-0.1, -0.05) is 29.8 Å². The fourth-order valence-corrected chi connectivity index (χ4v) is 8.95. The number of imide groups is 2. The lowest BCUT2D eigenvalue weighted by atomic mass is 10.0. The van der Waals surface area contributed by atoms with Crippen LogP contribution in [0.2, 0.25) is 5.02 Å². The first-order valence-corrected chi connectivity index (χ1v) is 23.5. The number of halogens is 1. The standard InChI is InChI=1S/C43H51ClN9O8P/c1-59-35-26-28(12-13-31(35)48-43-46-27-30(44)39(50-43)47-32-9-4-5-11-36(32)62(2,3)58)52-20-18-51(19-21-52)17-7-22-60-24-25-61-23-16-45-33-10-6-8-29-38(33)42(57)53(41(29)56)34-14-15-37(54)49-40(34)55/h4-6,8-13,26-27,34,45H,7,14-25H2,1-3H3,(H,49,54,55)(H2,46,47,48,50). The second kappa shape index (κ2) is 20.1. The molecule has 17 nitrogen and oxygen atoms in total. The van der Waals surface area contributed by atoms with Crippen LogP contribution in [0.4, 0.5) is 34.5 Å². The van der Waals surface area contributed by atoms with Crippen LogP contribution in [0.5, 0.6) is 5.75 Å². The van der Waals surface area contributed by atoms with Gasteiger partial charge in [-0.3, -0.25) is 34.3 Å². The minimum atomic E-state index is -2.55. The molecule has 3 aliphatic rings. The Labute approximate surface area is 365 Å². The van der Waals surface area contributed by atoms with Gasteiger partial charge in [0, 0.05) is 75.0 Å². The molecule has 4 aromatic rings. The zero-order chi connectivity index (χ0) is 43.8. The summed E-state index contributed by atoms with van der Waals surface area (Å²) in [6.45, 7) is 10.2. The Kier molecular flexibility index (Phi) is 14.4. The van der Waals surface area contributed by atoms with Crippen LogP contribution < -0.4 is 36.2 Å². The van der Waals surface area contributed by atoms with E-state index in [1.807, 2.05) is 42.5 Å². The molecule has 1 atom stereocenters. The minimum Gasteiger partial charge on any atom is -0.494 e. The van der Waals surface area contributed by atoms with E-state index in [4.69, 9.17) is 25.8 Å². The number of ether oxygens (including phenoxy) is 3.